The molecular weight excluding hydrogens is 256 g/mol. The highest BCUT2D eigenvalue weighted by Gasteiger charge is 2.28. The van der Waals surface area contributed by atoms with Crippen molar-refractivity contribution in [1.82, 2.24) is 0 Å². The van der Waals surface area contributed by atoms with Gasteiger partial charge in [-0.05, 0) is 46.0 Å². The molecule has 116 valence electrons. The molecule has 0 heterocycles. The number of ether oxygens (including phenoxy) is 2. The molecule has 0 aromatic rings. The fourth-order valence-corrected chi connectivity index (χ4v) is 1.93. The number of carbonyl (C=O) groups excluding carboxylic acids is 2. The van der Waals surface area contributed by atoms with Crippen LogP contribution >= 0.6 is 0 Å². The average molecular weight is 284 g/mol. The first kappa shape index (κ1) is 18.7. The Morgan fingerprint density at radius 1 is 0.950 bits per heavy atom. The van der Waals surface area contributed by atoms with Gasteiger partial charge in [0.2, 0.25) is 0 Å². The van der Waals surface area contributed by atoms with Gasteiger partial charge in [-0.25, -0.2) is 0 Å². The summed E-state index contributed by atoms with van der Waals surface area (Å²) in [6.07, 6.45) is 5.36. The van der Waals surface area contributed by atoms with Crippen LogP contribution in [0.15, 0.2) is 12.2 Å². The number of unbranched alkanes of at least 4 members (excludes halogenated alkanes) is 1. The molecule has 0 saturated heterocycles. The lowest BCUT2D eigenvalue weighted by molar-refractivity contribution is -0.161. The minimum Gasteiger partial charge on any atom is -0.465 e. The molecular formula is C16H28O4. The Balaban J connectivity index is 4.25. The Morgan fingerprint density at radius 3 is 1.90 bits per heavy atom. The van der Waals surface area contributed by atoms with Gasteiger partial charge in [-0.15, -0.1) is 0 Å². The number of allylic oxidation sites excluding steroid dienone is 1. The van der Waals surface area contributed by atoms with Crippen LogP contribution in [0.25, 0.3) is 0 Å². The first-order valence-electron chi connectivity index (χ1n) is 7.56. The Hall–Kier alpha value is -1.32. The van der Waals surface area contributed by atoms with Crippen molar-refractivity contribution < 1.29 is 19.1 Å². The smallest absolute Gasteiger partial charge is 0.320 e. The Bertz CT molecular complexity index is 292. The van der Waals surface area contributed by atoms with Crippen molar-refractivity contribution in [2.45, 2.75) is 59.3 Å². The van der Waals surface area contributed by atoms with Crippen LogP contribution in [-0.4, -0.2) is 25.2 Å². The summed E-state index contributed by atoms with van der Waals surface area (Å²) in [7, 11) is 0. The highest BCUT2D eigenvalue weighted by Crippen LogP contribution is 2.18. The Morgan fingerprint density at radius 2 is 1.45 bits per heavy atom. The third kappa shape index (κ3) is 7.97. The first-order valence-corrected chi connectivity index (χ1v) is 7.56. The third-order valence-corrected chi connectivity index (χ3v) is 3.05. The molecule has 0 aliphatic heterocycles. The maximum atomic E-state index is 11.8. The lowest BCUT2D eigenvalue weighted by Crippen LogP contribution is -2.28. The molecule has 0 atom stereocenters. The largest absolute Gasteiger partial charge is 0.465 e. The van der Waals surface area contributed by atoms with E-state index >= 15 is 0 Å². The fraction of sp³-hybridized carbons (Fsp3) is 0.750. The van der Waals surface area contributed by atoms with Crippen LogP contribution in [0.4, 0.5) is 0 Å². The van der Waals surface area contributed by atoms with Crippen LogP contribution in [0.1, 0.15) is 59.3 Å². The molecule has 4 heteroatoms. The molecule has 0 rings (SSSR count). The fourth-order valence-electron chi connectivity index (χ4n) is 1.93. The van der Waals surface area contributed by atoms with Gasteiger partial charge < -0.3 is 9.47 Å². The van der Waals surface area contributed by atoms with Gasteiger partial charge in [-0.2, -0.15) is 0 Å². The van der Waals surface area contributed by atoms with E-state index in [0.29, 0.717) is 6.42 Å². The van der Waals surface area contributed by atoms with Gasteiger partial charge in [0.1, 0.15) is 0 Å². The second-order valence-corrected chi connectivity index (χ2v) is 4.80. The van der Waals surface area contributed by atoms with Crippen molar-refractivity contribution in [3.63, 3.8) is 0 Å². The first-order chi connectivity index (χ1) is 9.56. The van der Waals surface area contributed by atoms with E-state index in [4.69, 9.17) is 9.47 Å². The molecule has 20 heavy (non-hydrogen) atoms. The van der Waals surface area contributed by atoms with E-state index in [1.165, 1.54) is 5.57 Å². The normalized spacial score (nSPS) is 10.4. The number of hydrogen-bond donors (Lipinski definition) is 0. The van der Waals surface area contributed by atoms with Crippen molar-refractivity contribution in [2.24, 2.45) is 5.92 Å². The molecule has 4 nitrogen and oxygen atoms in total. The summed E-state index contributed by atoms with van der Waals surface area (Å²) in [5.41, 5.74) is 1.18. The van der Waals surface area contributed by atoms with Crippen LogP contribution in [0.2, 0.25) is 0 Å². The summed E-state index contributed by atoms with van der Waals surface area (Å²) in [6.45, 7) is 10.2. The zero-order valence-corrected chi connectivity index (χ0v) is 13.1. The zero-order chi connectivity index (χ0) is 15.4. The standard InChI is InChI=1S/C16H28O4/c1-5-8-10-13(4)11-9-12-14(15(17)19-6-2)16(18)20-7-3/h14H,4-12H2,1-3H3. The molecule has 0 aliphatic carbocycles. The quantitative estimate of drug-likeness (QED) is 0.330. The third-order valence-electron chi connectivity index (χ3n) is 3.05. The molecule has 0 bridgehead atoms. The van der Waals surface area contributed by atoms with E-state index in [2.05, 4.69) is 13.5 Å². The molecule has 0 aliphatic rings. The van der Waals surface area contributed by atoms with E-state index in [1.807, 2.05) is 0 Å². The van der Waals surface area contributed by atoms with E-state index in [9.17, 15) is 9.59 Å². The number of hydrogen-bond acceptors (Lipinski definition) is 4. The van der Waals surface area contributed by atoms with Crippen molar-refractivity contribution in [2.75, 3.05) is 13.2 Å². The van der Waals surface area contributed by atoms with Gasteiger partial charge >= 0.3 is 11.9 Å². The summed E-state index contributed by atoms with van der Waals surface area (Å²) in [5, 5.41) is 0. The van der Waals surface area contributed by atoms with Gasteiger partial charge in [0, 0.05) is 0 Å². The molecule has 0 radical (unpaired) electrons. The topological polar surface area (TPSA) is 52.6 Å². The van der Waals surface area contributed by atoms with Crippen molar-refractivity contribution in [3.8, 4) is 0 Å². The monoisotopic (exact) mass is 284 g/mol. The molecule has 0 aromatic carbocycles. The van der Waals surface area contributed by atoms with Crippen LogP contribution in [0.3, 0.4) is 0 Å². The highest BCUT2D eigenvalue weighted by molar-refractivity contribution is 5.94. The van der Waals surface area contributed by atoms with Crippen molar-refractivity contribution in [3.05, 3.63) is 12.2 Å². The van der Waals surface area contributed by atoms with Gasteiger partial charge in [-0.1, -0.05) is 25.5 Å². The average Bonchev–Trinajstić information content (AvgIpc) is 2.41. The van der Waals surface area contributed by atoms with E-state index < -0.39 is 17.9 Å². The number of carbonyl (C=O) groups is 2. The van der Waals surface area contributed by atoms with Crippen molar-refractivity contribution >= 4 is 11.9 Å². The van der Waals surface area contributed by atoms with Crippen LogP contribution in [0, 0.1) is 5.92 Å². The minimum absolute atomic E-state index is 0.276. The second kappa shape index (κ2) is 11.5. The van der Waals surface area contributed by atoms with Gasteiger partial charge in [0.25, 0.3) is 0 Å². The van der Waals surface area contributed by atoms with Gasteiger partial charge in [-0.3, -0.25) is 9.59 Å². The Labute approximate surface area is 122 Å². The summed E-state index contributed by atoms with van der Waals surface area (Å²) in [5.74, 6) is -1.76. The zero-order valence-electron chi connectivity index (χ0n) is 13.1. The van der Waals surface area contributed by atoms with Crippen LogP contribution in [0.5, 0.6) is 0 Å². The number of esters is 2. The Kier molecular flexibility index (Phi) is 10.7. The predicted molar refractivity (Wildman–Crippen MR) is 79.3 cm³/mol. The van der Waals surface area contributed by atoms with Crippen LogP contribution in [-0.2, 0) is 19.1 Å². The molecule has 0 amide bonds. The van der Waals surface area contributed by atoms with Crippen LogP contribution < -0.4 is 0 Å². The number of rotatable bonds is 11. The summed E-state index contributed by atoms with van der Waals surface area (Å²) in [6, 6.07) is 0. The van der Waals surface area contributed by atoms with Gasteiger partial charge in [0.05, 0.1) is 13.2 Å². The lowest BCUT2D eigenvalue weighted by Gasteiger charge is -2.14. The van der Waals surface area contributed by atoms with Gasteiger partial charge in [0.15, 0.2) is 5.92 Å². The SMILES string of the molecule is C=C(CCCC)CCCC(C(=O)OCC)C(=O)OCC. The molecule has 0 unspecified atom stereocenters. The molecule has 0 fully saturated rings. The highest BCUT2D eigenvalue weighted by atomic mass is 16.6. The van der Waals surface area contributed by atoms with E-state index in [0.717, 1.165) is 32.1 Å². The molecule has 0 aromatic heterocycles. The summed E-state index contributed by atoms with van der Waals surface area (Å²) >= 11 is 0. The van der Waals surface area contributed by atoms with E-state index in [1.54, 1.807) is 13.8 Å². The minimum atomic E-state index is -0.797. The maximum absolute atomic E-state index is 11.8. The molecule has 0 saturated carbocycles. The maximum Gasteiger partial charge on any atom is 0.320 e. The van der Waals surface area contributed by atoms with Crippen molar-refractivity contribution in [1.29, 1.82) is 0 Å². The van der Waals surface area contributed by atoms with E-state index in [-0.39, 0.29) is 13.2 Å². The second-order valence-electron chi connectivity index (χ2n) is 4.80. The lowest BCUT2D eigenvalue weighted by atomic mass is 9.98. The predicted octanol–water partition coefficient (Wildman–Crippen LogP) is 3.65. The summed E-state index contributed by atoms with van der Waals surface area (Å²) in [4.78, 5) is 23.5. The molecule has 0 spiro atoms. The summed E-state index contributed by atoms with van der Waals surface area (Å²) < 4.78 is 9.86. The molecule has 0 N–H and O–H groups in total.